The highest BCUT2D eigenvalue weighted by atomic mass is 79.9. The largest absolute Gasteiger partial charge is 0.305 e. The number of rotatable bonds is 5. The second-order valence-corrected chi connectivity index (χ2v) is 5.67. The van der Waals surface area contributed by atoms with Crippen molar-refractivity contribution in [1.82, 2.24) is 24.7 Å². The monoisotopic (exact) mass is 347 g/mol. The predicted molar refractivity (Wildman–Crippen MR) is 86.3 cm³/mol. The maximum absolute atomic E-state index is 4.45. The van der Waals surface area contributed by atoms with Crippen LogP contribution in [0.15, 0.2) is 41.3 Å². The van der Waals surface area contributed by atoms with Gasteiger partial charge in [0.25, 0.3) is 0 Å². The Morgan fingerprint density at radius 1 is 1.24 bits per heavy atom. The molecule has 5 nitrogen and oxygen atoms in total. The summed E-state index contributed by atoms with van der Waals surface area (Å²) >= 11 is 3.63. The number of fused-ring (bicyclic) bond motifs is 1. The van der Waals surface area contributed by atoms with Crippen LogP contribution in [0.4, 0.5) is 0 Å². The van der Waals surface area contributed by atoms with E-state index in [1.54, 1.807) is 0 Å². The molecule has 0 aliphatic rings. The third-order valence-corrected chi connectivity index (χ3v) is 4.19. The Hall–Kier alpha value is -1.66. The molecule has 0 fully saturated rings. The Labute approximate surface area is 132 Å². The zero-order valence-corrected chi connectivity index (χ0v) is 13.7. The molecule has 0 spiro atoms. The van der Waals surface area contributed by atoms with Crippen LogP contribution in [0.1, 0.15) is 31.1 Å². The van der Waals surface area contributed by atoms with Crippen molar-refractivity contribution in [3.8, 4) is 0 Å². The lowest BCUT2D eigenvalue weighted by Gasteiger charge is -2.19. The van der Waals surface area contributed by atoms with Crippen LogP contribution in [0, 0.1) is 0 Å². The lowest BCUT2D eigenvalue weighted by molar-refractivity contribution is 0.542. The minimum absolute atomic E-state index is 0.0618. The molecule has 110 valence electrons. The van der Waals surface area contributed by atoms with Gasteiger partial charge in [0.1, 0.15) is 0 Å². The summed E-state index contributed by atoms with van der Waals surface area (Å²) in [4.78, 5) is 0. The first kappa shape index (κ1) is 14.3. The second-order valence-electron chi connectivity index (χ2n) is 4.81. The molecule has 0 radical (unpaired) electrons. The highest BCUT2D eigenvalue weighted by Crippen LogP contribution is 2.30. The summed E-state index contributed by atoms with van der Waals surface area (Å²) in [6.07, 6.45) is 5.75. The van der Waals surface area contributed by atoms with E-state index < -0.39 is 0 Å². The molecule has 6 heteroatoms. The topological polar surface area (TPSA) is 47.1 Å². The van der Waals surface area contributed by atoms with Gasteiger partial charge in [-0.1, -0.05) is 13.0 Å². The van der Waals surface area contributed by atoms with E-state index >= 15 is 0 Å². The number of hydrogen-bond donors (Lipinski definition) is 1. The first-order valence-corrected chi connectivity index (χ1v) is 7.92. The van der Waals surface area contributed by atoms with Gasteiger partial charge >= 0.3 is 0 Å². The minimum Gasteiger partial charge on any atom is -0.305 e. The molecule has 3 aromatic heterocycles. The fourth-order valence-corrected chi connectivity index (χ4v) is 3.17. The summed E-state index contributed by atoms with van der Waals surface area (Å²) in [7, 11) is 0. The maximum atomic E-state index is 4.45. The molecule has 3 aromatic rings. The normalized spacial score (nSPS) is 12.9. The standard InChI is InChI=1S/C15H18BrN5/c1-3-17-14(15-12(16)10-19-20(15)4-2)11-9-18-21-8-6-5-7-13(11)21/h5-10,14,17H,3-4H2,1-2H3. The van der Waals surface area contributed by atoms with Gasteiger partial charge in [-0.25, -0.2) is 4.52 Å². The van der Waals surface area contributed by atoms with Crippen molar-refractivity contribution >= 4 is 21.4 Å². The van der Waals surface area contributed by atoms with Crippen LogP contribution in [0.25, 0.3) is 5.52 Å². The predicted octanol–water partition coefficient (Wildman–Crippen LogP) is 3.01. The van der Waals surface area contributed by atoms with Crippen LogP contribution in [0.2, 0.25) is 0 Å². The Balaban J connectivity index is 2.16. The first-order chi connectivity index (χ1) is 10.3. The summed E-state index contributed by atoms with van der Waals surface area (Å²) in [6.45, 7) is 5.92. The lowest BCUT2D eigenvalue weighted by Crippen LogP contribution is -2.25. The summed E-state index contributed by atoms with van der Waals surface area (Å²) in [5.41, 5.74) is 3.41. The fourth-order valence-electron chi connectivity index (χ4n) is 2.65. The van der Waals surface area contributed by atoms with Crippen LogP contribution >= 0.6 is 15.9 Å². The van der Waals surface area contributed by atoms with E-state index in [1.807, 2.05) is 39.9 Å². The van der Waals surface area contributed by atoms with Gasteiger partial charge in [-0.2, -0.15) is 10.2 Å². The zero-order valence-electron chi connectivity index (χ0n) is 12.1. The van der Waals surface area contributed by atoms with Gasteiger partial charge in [-0.15, -0.1) is 0 Å². The van der Waals surface area contributed by atoms with E-state index in [0.717, 1.165) is 34.3 Å². The molecule has 0 saturated carbocycles. The van der Waals surface area contributed by atoms with Crippen LogP contribution in [0.3, 0.4) is 0 Å². The number of aromatic nitrogens is 4. The van der Waals surface area contributed by atoms with E-state index in [4.69, 9.17) is 0 Å². The van der Waals surface area contributed by atoms with E-state index in [9.17, 15) is 0 Å². The third-order valence-electron chi connectivity index (χ3n) is 3.58. The minimum atomic E-state index is 0.0618. The molecule has 3 rings (SSSR count). The van der Waals surface area contributed by atoms with Crippen molar-refractivity contribution in [3.63, 3.8) is 0 Å². The average molecular weight is 348 g/mol. The molecule has 0 aromatic carbocycles. The second kappa shape index (κ2) is 5.99. The summed E-state index contributed by atoms with van der Waals surface area (Å²) < 4.78 is 4.94. The molecule has 0 bridgehead atoms. The van der Waals surface area contributed by atoms with Gasteiger partial charge in [-0.3, -0.25) is 4.68 Å². The van der Waals surface area contributed by atoms with Gasteiger partial charge in [0, 0.05) is 18.3 Å². The van der Waals surface area contributed by atoms with E-state index in [2.05, 4.69) is 51.4 Å². The molecule has 0 aliphatic carbocycles. The van der Waals surface area contributed by atoms with Crippen molar-refractivity contribution in [3.05, 3.63) is 52.5 Å². The van der Waals surface area contributed by atoms with Crippen LogP contribution in [-0.4, -0.2) is 25.9 Å². The molecule has 21 heavy (non-hydrogen) atoms. The molecular formula is C15H18BrN5. The van der Waals surface area contributed by atoms with Gasteiger partial charge < -0.3 is 5.32 Å². The van der Waals surface area contributed by atoms with Crippen LogP contribution < -0.4 is 5.32 Å². The molecule has 1 atom stereocenters. The summed E-state index contributed by atoms with van der Waals surface area (Å²) in [5.74, 6) is 0. The molecule has 3 heterocycles. The van der Waals surface area contributed by atoms with Gasteiger partial charge in [0.2, 0.25) is 0 Å². The number of nitrogens with zero attached hydrogens (tertiary/aromatic N) is 4. The SMILES string of the molecule is CCNC(c1cnn2ccccc12)c1c(Br)cnn1CC. The number of aryl methyl sites for hydroxylation is 1. The van der Waals surface area contributed by atoms with E-state index in [-0.39, 0.29) is 6.04 Å². The fraction of sp³-hybridized carbons (Fsp3) is 0.333. The molecular weight excluding hydrogens is 330 g/mol. The van der Waals surface area contributed by atoms with Gasteiger partial charge in [0.05, 0.1) is 34.1 Å². The Morgan fingerprint density at radius 3 is 2.86 bits per heavy atom. The molecule has 0 amide bonds. The Bertz CT molecular complexity index is 745. The molecule has 1 N–H and O–H groups in total. The summed E-state index contributed by atoms with van der Waals surface area (Å²) in [5, 5.41) is 12.4. The highest BCUT2D eigenvalue weighted by molar-refractivity contribution is 9.10. The van der Waals surface area contributed by atoms with Crippen molar-refractivity contribution in [2.75, 3.05) is 6.54 Å². The smallest absolute Gasteiger partial charge is 0.0796 e. The van der Waals surface area contributed by atoms with Crippen LogP contribution in [0.5, 0.6) is 0 Å². The maximum Gasteiger partial charge on any atom is 0.0796 e. The first-order valence-electron chi connectivity index (χ1n) is 7.13. The van der Waals surface area contributed by atoms with Crippen molar-refractivity contribution < 1.29 is 0 Å². The van der Waals surface area contributed by atoms with Gasteiger partial charge in [-0.05, 0) is 41.5 Å². The summed E-state index contributed by atoms with van der Waals surface area (Å²) in [6, 6.07) is 6.17. The Kier molecular flexibility index (Phi) is 4.07. The van der Waals surface area contributed by atoms with E-state index in [0.29, 0.717) is 0 Å². The third kappa shape index (κ3) is 2.49. The lowest BCUT2D eigenvalue weighted by atomic mass is 10.1. The number of halogens is 1. The highest BCUT2D eigenvalue weighted by Gasteiger charge is 2.23. The van der Waals surface area contributed by atoms with Crippen molar-refractivity contribution in [2.24, 2.45) is 0 Å². The molecule has 0 saturated heterocycles. The van der Waals surface area contributed by atoms with Gasteiger partial charge in [0.15, 0.2) is 0 Å². The van der Waals surface area contributed by atoms with Crippen molar-refractivity contribution in [1.29, 1.82) is 0 Å². The van der Waals surface area contributed by atoms with Crippen molar-refractivity contribution in [2.45, 2.75) is 26.4 Å². The zero-order chi connectivity index (χ0) is 14.8. The Morgan fingerprint density at radius 2 is 2.10 bits per heavy atom. The average Bonchev–Trinajstić information content (AvgIpc) is 3.09. The molecule has 0 aliphatic heterocycles. The number of hydrogen-bond acceptors (Lipinski definition) is 3. The molecule has 1 unspecified atom stereocenters. The van der Waals surface area contributed by atoms with E-state index in [1.165, 1.54) is 0 Å². The number of nitrogens with one attached hydrogen (secondary N) is 1. The number of pyridine rings is 1. The van der Waals surface area contributed by atoms with Crippen LogP contribution in [-0.2, 0) is 6.54 Å². The quantitative estimate of drug-likeness (QED) is 0.771.